The summed E-state index contributed by atoms with van der Waals surface area (Å²) in [5, 5.41) is 11.1. The first-order valence-corrected chi connectivity index (χ1v) is 4.82. The lowest BCUT2D eigenvalue weighted by molar-refractivity contribution is 0.621. The highest BCUT2D eigenvalue weighted by atomic mass is 15.4. The van der Waals surface area contributed by atoms with Crippen LogP contribution in [-0.4, -0.2) is 21.5 Å². The Kier molecular flexibility index (Phi) is 4.73. The van der Waals surface area contributed by atoms with Crippen LogP contribution in [0.25, 0.3) is 0 Å². The number of terminal acetylenes is 1. The largest absolute Gasteiger partial charge is 0.311 e. The van der Waals surface area contributed by atoms with Crippen molar-refractivity contribution in [3.05, 3.63) is 11.9 Å². The van der Waals surface area contributed by atoms with Crippen LogP contribution in [0.1, 0.15) is 25.0 Å². The zero-order chi connectivity index (χ0) is 10.2. The summed E-state index contributed by atoms with van der Waals surface area (Å²) in [5.41, 5.74) is 0.976. The van der Waals surface area contributed by atoms with Crippen LogP contribution in [0.2, 0.25) is 0 Å². The van der Waals surface area contributed by atoms with Crippen LogP contribution in [0.4, 0.5) is 0 Å². The second-order valence-corrected chi connectivity index (χ2v) is 3.22. The van der Waals surface area contributed by atoms with Crippen LogP contribution in [-0.2, 0) is 13.6 Å². The number of hydrogen-bond acceptors (Lipinski definition) is 3. The van der Waals surface area contributed by atoms with Gasteiger partial charge in [0.2, 0.25) is 0 Å². The molecule has 0 amide bonds. The number of hydrogen-bond donors (Lipinski definition) is 1. The smallest absolute Gasteiger partial charge is 0.0964 e. The molecule has 1 heterocycles. The van der Waals surface area contributed by atoms with Gasteiger partial charge in [0.25, 0.3) is 0 Å². The summed E-state index contributed by atoms with van der Waals surface area (Å²) < 4.78 is 1.70. The van der Waals surface area contributed by atoms with E-state index < -0.39 is 0 Å². The van der Waals surface area contributed by atoms with Crippen molar-refractivity contribution in [1.29, 1.82) is 0 Å². The quantitative estimate of drug-likeness (QED) is 0.533. The van der Waals surface area contributed by atoms with E-state index in [0.29, 0.717) is 0 Å². The topological polar surface area (TPSA) is 42.7 Å². The lowest BCUT2D eigenvalue weighted by Crippen LogP contribution is -2.14. The minimum Gasteiger partial charge on any atom is -0.311 e. The molecular weight excluding hydrogens is 176 g/mol. The van der Waals surface area contributed by atoms with Crippen molar-refractivity contribution in [2.45, 2.75) is 25.8 Å². The molecule has 1 aromatic heterocycles. The van der Waals surface area contributed by atoms with E-state index in [-0.39, 0.29) is 0 Å². The Morgan fingerprint density at radius 2 is 2.43 bits per heavy atom. The molecule has 0 fully saturated rings. The third-order valence-electron chi connectivity index (χ3n) is 1.88. The molecule has 0 spiro atoms. The lowest BCUT2D eigenvalue weighted by Gasteiger charge is -1.99. The van der Waals surface area contributed by atoms with E-state index in [1.807, 2.05) is 13.2 Å². The molecule has 0 aliphatic heterocycles. The fourth-order valence-corrected chi connectivity index (χ4v) is 1.17. The van der Waals surface area contributed by atoms with Crippen LogP contribution in [0.5, 0.6) is 0 Å². The third-order valence-corrected chi connectivity index (χ3v) is 1.88. The maximum absolute atomic E-state index is 5.15. The maximum atomic E-state index is 5.15. The zero-order valence-electron chi connectivity index (χ0n) is 8.53. The molecule has 4 nitrogen and oxygen atoms in total. The molecule has 0 radical (unpaired) electrons. The molecule has 1 rings (SSSR count). The highest BCUT2D eigenvalue weighted by molar-refractivity contribution is 4.90. The van der Waals surface area contributed by atoms with Crippen molar-refractivity contribution < 1.29 is 0 Å². The molecule has 0 bridgehead atoms. The van der Waals surface area contributed by atoms with Gasteiger partial charge in [-0.25, -0.2) is 0 Å². The second kappa shape index (κ2) is 6.17. The molecule has 0 aliphatic carbocycles. The van der Waals surface area contributed by atoms with Gasteiger partial charge in [0.15, 0.2) is 0 Å². The zero-order valence-corrected chi connectivity index (χ0v) is 8.53. The molecule has 4 heteroatoms. The molecular formula is C10H16N4. The first-order chi connectivity index (χ1) is 6.83. The second-order valence-electron chi connectivity index (χ2n) is 3.22. The van der Waals surface area contributed by atoms with Crippen molar-refractivity contribution in [3.63, 3.8) is 0 Å². The van der Waals surface area contributed by atoms with E-state index in [9.17, 15) is 0 Å². The molecule has 0 aromatic carbocycles. The molecule has 0 atom stereocenters. The summed E-state index contributed by atoms with van der Waals surface area (Å²) in [7, 11) is 1.86. The van der Waals surface area contributed by atoms with Gasteiger partial charge in [-0.15, -0.1) is 17.4 Å². The number of nitrogens with zero attached hydrogens (tertiary/aromatic N) is 3. The van der Waals surface area contributed by atoms with Crippen LogP contribution in [0.3, 0.4) is 0 Å². The van der Waals surface area contributed by atoms with E-state index >= 15 is 0 Å². The standard InChI is InChI=1S/C10H16N4/c1-3-4-5-6-7-11-8-10-9-14(2)13-12-10/h1,9,11H,4-8H2,2H3. The van der Waals surface area contributed by atoms with Gasteiger partial charge < -0.3 is 5.32 Å². The molecule has 0 saturated carbocycles. The molecule has 1 N–H and O–H groups in total. The molecule has 0 unspecified atom stereocenters. The summed E-state index contributed by atoms with van der Waals surface area (Å²) in [6.07, 6.45) is 10.1. The summed E-state index contributed by atoms with van der Waals surface area (Å²) in [5.74, 6) is 2.63. The summed E-state index contributed by atoms with van der Waals surface area (Å²) >= 11 is 0. The van der Waals surface area contributed by atoms with Crippen LogP contribution in [0, 0.1) is 12.3 Å². The highest BCUT2D eigenvalue weighted by Gasteiger charge is 1.96. The van der Waals surface area contributed by atoms with E-state index in [2.05, 4.69) is 21.5 Å². The van der Waals surface area contributed by atoms with Gasteiger partial charge in [-0.05, 0) is 19.4 Å². The first kappa shape index (κ1) is 10.7. The minimum absolute atomic E-state index is 0.782. The Morgan fingerprint density at radius 3 is 3.07 bits per heavy atom. The third kappa shape index (κ3) is 4.06. The average molecular weight is 192 g/mol. The van der Waals surface area contributed by atoms with E-state index in [1.54, 1.807) is 4.68 Å². The van der Waals surface area contributed by atoms with Crippen LogP contribution in [0.15, 0.2) is 6.20 Å². The highest BCUT2D eigenvalue weighted by Crippen LogP contribution is 1.93. The lowest BCUT2D eigenvalue weighted by atomic mass is 10.2. The van der Waals surface area contributed by atoms with Crippen molar-refractivity contribution in [1.82, 2.24) is 20.3 Å². The van der Waals surface area contributed by atoms with Gasteiger partial charge >= 0.3 is 0 Å². The first-order valence-electron chi connectivity index (χ1n) is 4.82. The van der Waals surface area contributed by atoms with Crippen LogP contribution >= 0.6 is 0 Å². The fraction of sp³-hybridized carbons (Fsp3) is 0.600. The fourth-order valence-electron chi connectivity index (χ4n) is 1.17. The summed E-state index contributed by atoms with van der Waals surface area (Å²) in [6, 6.07) is 0. The number of aromatic nitrogens is 3. The van der Waals surface area contributed by atoms with Crippen molar-refractivity contribution in [2.75, 3.05) is 6.54 Å². The van der Waals surface area contributed by atoms with Gasteiger partial charge in [-0.3, -0.25) is 4.68 Å². The molecule has 76 valence electrons. The van der Waals surface area contributed by atoms with Crippen LogP contribution < -0.4 is 5.32 Å². The maximum Gasteiger partial charge on any atom is 0.0964 e. The molecule has 1 aromatic rings. The Labute approximate surface area is 84.7 Å². The number of unbranched alkanes of at least 4 members (excludes halogenated alkanes) is 2. The Hall–Kier alpha value is -1.34. The SMILES string of the molecule is C#CCCCCNCc1cn(C)nn1. The van der Waals surface area contributed by atoms with E-state index in [0.717, 1.165) is 38.0 Å². The van der Waals surface area contributed by atoms with Gasteiger partial charge in [0.1, 0.15) is 0 Å². The van der Waals surface area contributed by atoms with Gasteiger partial charge in [0, 0.05) is 26.2 Å². The Morgan fingerprint density at radius 1 is 1.57 bits per heavy atom. The summed E-state index contributed by atoms with van der Waals surface area (Å²) in [4.78, 5) is 0. The van der Waals surface area contributed by atoms with Gasteiger partial charge in [-0.1, -0.05) is 5.21 Å². The predicted molar refractivity (Wildman–Crippen MR) is 55.4 cm³/mol. The minimum atomic E-state index is 0.782. The Bertz CT molecular complexity index is 297. The van der Waals surface area contributed by atoms with Gasteiger partial charge in [-0.2, -0.15) is 0 Å². The van der Waals surface area contributed by atoms with Crippen molar-refractivity contribution in [3.8, 4) is 12.3 Å². The monoisotopic (exact) mass is 192 g/mol. The molecule has 0 saturated heterocycles. The van der Waals surface area contributed by atoms with Gasteiger partial charge in [0.05, 0.1) is 5.69 Å². The number of nitrogens with one attached hydrogen (secondary N) is 1. The molecule has 0 aliphatic rings. The van der Waals surface area contributed by atoms with E-state index in [4.69, 9.17) is 6.42 Å². The van der Waals surface area contributed by atoms with E-state index in [1.165, 1.54) is 0 Å². The summed E-state index contributed by atoms with van der Waals surface area (Å²) in [6.45, 7) is 1.77. The van der Waals surface area contributed by atoms with Crippen molar-refractivity contribution >= 4 is 0 Å². The number of rotatable bonds is 6. The Balaban J connectivity index is 2.02. The number of aryl methyl sites for hydroxylation is 1. The average Bonchev–Trinajstić information content (AvgIpc) is 2.58. The molecule has 14 heavy (non-hydrogen) atoms. The normalized spacial score (nSPS) is 10.0. The predicted octanol–water partition coefficient (Wildman–Crippen LogP) is 0.708. The van der Waals surface area contributed by atoms with Crippen molar-refractivity contribution in [2.24, 2.45) is 7.05 Å².